The van der Waals surface area contributed by atoms with Crippen molar-refractivity contribution in [2.45, 2.75) is 0 Å². The first-order chi connectivity index (χ1) is 6.97. The van der Waals surface area contributed by atoms with Crippen molar-refractivity contribution in [3.05, 3.63) is 23.3 Å². The van der Waals surface area contributed by atoms with Crippen molar-refractivity contribution >= 4 is 11.9 Å². The average molecular weight is 212 g/mol. The molecule has 0 fully saturated rings. The second-order valence-corrected chi connectivity index (χ2v) is 2.68. The SMILES string of the molecule is COc1cc(O)cc(C(=O)O)c1C(=O)O. The Morgan fingerprint density at radius 2 is 1.80 bits per heavy atom. The van der Waals surface area contributed by atoms with Crippen molar-refractivity contribution in [2.75, 3.05) is 7.11 Å². The number of carboxylic acid groups (broad SMARTS) is 2. The summed E-state index contributed by atoms with van der Waals surface area (Å²) in [4.78, 5) is 21.5. The first kappa shape index (κ1) is 10.8. The quantitative estimate of drug-likeness (QED) is 0.684. The fourth-order valence-electron chi connectivity index (χ4n) is 1.15. The molecule has 0 aliphatic rings. The lowest BCUT2D eigenvalue weighted by molar-refractivity contribution is 0.0648. The number of aromatic hydroxyl groups is 1. The van der Waals surface area contributed by atoms with Crippen LogP contribution in [0, 0.1) is 0 Å². The van der Waals surface area contributed by atoms with Crippen LogP contribution in [0.25, 0.3) is 0 Å². The van der Waals surface area contributed by atoms with Gasteiger partial charge in [-0.3, -0.25) is 0 Å². The van der Waals surface area contributed by atoms with Crippen molar-refractivity contribution in [2.24, 2.45) is 0 Å². The van der Waals surface area contributed by atoms with Crippen LogP contribution in [-0.4, -0.2) is 34.4 Å². The van der Waals surface area contributed by atoms with Gasteiger partial charge >= 0.3 is 11.9 Å². The van der Waals surface area contributed by atoms with Crippen molar-refractivity contribution in [1.82, 2.24) is 0 Å². The van der Waals surface area contributed by atoms with Gasteiger partial charge in [-0.1, -0.05) is 0 Å². The molecule has 0 radical (unpaired) electrons. The average Bonchev–Trinajstić information content (AvgIpc) is 2.15. The van der Waals surface area contributed by atoms with Crippen LogP contribution in [-0.2, 0) is 0 Å². The Bertz CT molecular complexity index is 423. The number of hydrogen-bond donors (Lipinski definition) is 3. The first-order valence-corrected chi connectivity index (χ1v) is 3.85. The molecule has 0 atom stereocenters. The normalized spacial score (nSPS) is 9.67. The fraction of sp³-hybridized carbons (Fsp3) is 0.111. The fourth-order valence-corrected chi connectivity index (χ4v) is 1.15. The summed E-state index contributed by atoms with van der Waals surface area (Å²) < 4.78 is 4.67. The van der Waals surface area contributed by atoms with Gasteiger partial charge in [0.2, 0.25) is 0 Å². The van der Waals surface area contributed by atoms with E-state index < -0.39 is 23.1 Å². The Balaban J connectivity index is 3.54. The molecule has 1 aromatic carbocycles. The standard InChI is InChI=1S/C9H8O6/c1-15-6-3-4(10)2-5(8(11)12)7(6)9(13)14/h2-3,10H,1H3,(H,11,12)(H,13,14). The number of ether oxygens (including phenoxy) is 1. The number of rotatable bonds is 3. The number of aromatic carboxylic acids is 2. The lowest BCUT2D eigenvalue weighted by atomic mass is 10.1. The van der Waals surface area contributed by atoms with Gasteiger partial charge in [-0.25, -0.2) is 9.59 Å². The minimum atomic E-state index is -1.44. The summed E-state index contributed by atoms with van der Waals surface area (Å²) in [5, 5.41) is 26.7. The summed E-state index contributed by atoms with van der Waals surface area (Å²) in [7, 11) is 1.19. The summed E-state index contributed by atoms with van der Waals surface area (Å²) in [5.74, 6) is -3.43. The molecular weight excluding hydrogens is 204 g/mol. The number of benzene rings is 1. The number of carboxylic acids is 2. The molecule has 0 saturated carbocycles. The Hall–Kier alpha value is -2.24. The number of hydrogen-bond acceptors (Lipinski definition) is 4. The number of carbonyl (C=O) groups is 2. The van der Waals surface area contributed by atoms with Crippen LogP contribution in [0.15, 0.2) is 12.1 Å². The predicted octanol–water partition coefficient (Wildman–Crippen LogP) is 0.797. The largest absolute Gasteiger partial charge is 0.508 e. The zero-order chi connectivity index (χ0) is 11.6. The molecule has 1 aromatic rings. The van der Waals surface area contributed by atoms with Crippen molar-refractivity contribution in [1.29, 1.82) is 0 Å². The van der Waals surface area contributed by atoms with Crippen LogP contribution < -0.4 is 4.74 Å². The molecule has 3 N–H and O–H groups in total. The maximum Gasteiger partial charge on any atom is 0.340 e. The Morgan fingerprint density at radius 1 is 1.20 bits per heavy atom. The third-order valence-electron chi connectivity index (χ3n) is 1.75. The van der Waals surface area contributed by atoms with Gasteiger partial charge in [-0.15, -0.1) is 0 Å². The van der Waals surface area contributed by atoms with E-state index in [9.17, 15) is 9.59 Å². The van der Waals surface area contributed by atoms with Crippen LogP contribution in [0.2, 0.25) is 0 Å². The second kappa shape index (κ2) is 3.87. The summed E-state index contributed by atoms with van der Waals surface area (Å²) >= 11 is 0. The number of methoxy groups -OCH3 is 1. The molecule has 6 heteroatoms. The number of phenols is 1. The van der Waals surface area contributed by atoms with E-state index in [1.807, 2.05) is 0 Å². The van der Waals surface area contributed by atoms with Crippen LogP contribution in [0.4, 0.5) is 0 Å². The molecule has 6 nitrogen and oxygen atoms in total. The maximum absolute atomic E-state index is 10.8. The molecule has 0 aromatic heterocycles. The Kier molecular flexibility index (Phi) is 2.80. The second-order valence-electron chi connectivity index (χ2n) is 2.68. The van der Waals surface area contributed by atoms with E-state index in [-0.39, 0.29) is 11.5 Å². The Morgan fingerprint density at radius 3 is 2.20 bits per heavy atom. The van der Waals surface area contributed by atoms with Crippen molar-refractivity contribution in [3.63, 3.8) is 0 Å². The zero-order valence-electron chi connectivity index (χ0n) is 7.72. The van der Waals surface area contributed by atoms with Gasteiger partial charge in [0.15, 0.2) is 0 Å². The highest BCUT2D eigenvalue weighted by Crippen LogP contribution is 2.28. The monoisotopic (exact) mass is 212 g/mol. The number of phenolic OH excluding ortho intramolecular Hbond substituents is 1. The third kappa shape index (κ3) is 1.98. The highest BCUT2D eigenvalue weighted by molar-refractivity contribution is 6.04. The molecule has 0 spiro atoms. The van der Waals surface area contributed by atoms with E-state index in [1.165, 1.54) is 7.11 Å². The highest BCUT2D eigenvalue weighted by Gasteiger charge is 2.22. The van der Waals surface area contributed by atoms with E-state index in [2.05, 4.69) is 4.74 Å². The van der Waals surface area contributed by atoms with E-state index in [4.69, 9.17) is 15.3 Å². The third-order valence-corrected chi connectivity index (χ3v) is 1.75. The maximum atomic E-state index is 10.8. The topological polar surface area (TPSA) is 104 Å². The molecular formula is C9H8O6. The lowest BCUT2D eigenvalue weighted by Gasteiger charge is -2.08. The molecule has 0 saturated heterocycles. The summed E-state index contributed by atoms with van der Waals surface area (Å²) in [6.45, 7) is 0. The highest BCUT2D eigenvalue weighted by atomic mass is 16.5. The van der Waals surface area contributed by atoms with Gasteiger partial charge in [0.25, 0.3) is 0 Å². The molecule has 0 amide bonds. The summed E-state index contributed by atoms with van der Waals surface area (Å²) in [6.07, 6.45) is 0. The summed E-state index contributed by atoms with van der Waals surface area (Å²) in [6, 6.07) is 1.89. The van der Waals surface area contributed by atoms with Gasteiger partial charge < -0.3 is 20.1 Å². The van der Waals surface area contributed by atoms with Crippen LogP contribution >= 0.6 is 0 Å². The van der Waals surface area contributed by atoms with E-state index in [0.29, 0.717) is 0 Å². The van der Waals surface area contributed by atoms with Crippen LogP contribution in [0.1, 0.15) is 20.7 Å². The molecule has 0 heterocycles. The molecule has 1 rings (SSSR count). The predicted molar refractivity (Wildman–Crippen MR) is 48.6 cm³/mol. The molecule has 80 valence electrons. The smallest absolute Gasteiger partial charge is 0.340 e. The van der Waals surface area contributed by atoms with Gasteiger partial charge in [-0.05, 0) is 6.07 Å². The van der Waals surface area contributed by atoms with Gasteiger partial charge in [-0.2, -0.15) is 0 Å². The molecule has 0 aliphatic carbocycles. The molecule has 15 heavy (non-hydrogen) atoms. The van der Waals surface area contributed by atoms with Crippen LogP contribution in [0.5, 0.6) is 11.5 Å². The molecule has 0 bridgehead atoms. The Labute approximate surface area is 84.3 Å². The molecule has 0 unspecified atom stereocenters. The van der Waals surface area contributed by atoms with Gasteiger partial charge in [0, 0.05) is 6.07 Å². The van der Waals surface area contributed by atoms with Gasteiger partial charge in [0.1, 0.15) is 17.1 Å². The van der Waals surface area contributed by atoms with Crippen LogP contribution in [0.3, 0.4) is 0 Å². The minimum absolute atomic E-state index is 0.195. The zero-order valence-corrected chi connectivity index (χ0v) is 7.72. The minimum Gasteiger partial charge on any atom is -0.508 e. The van der Waals surface area contributed by atoms with Crippen molar-refractivity contribution in [3.8, 4) is 11.5 Å². The van der Waals surface area contributed by atoms with E-state index >= 15 is 0 Å². The van der Waals surface area contributed by atoms with Crippen molar-refractivity contribution < 1.29 is 29.6 Å². The van der Waals surface area contributed by atoms with E-state index in [0.717, 1.165) is 12.1 Å². The van der Waals surface area contributed by atoms with Gasteiger partial charge in [0.05, 0.1) is 12.7 Å². The molecule has 0 aliphatic heterocycles. The summed E-state index contributed by atoms with van der Waals surface area (Å²) in [5.41, 5.74) is -0.998. The van der Waals surface area contributed by atoms with E-state index in [1.54, 1.807) is 0 Å². The first-order valence-electron chi connectivity index (χ1n) is 3.85. The lowest BCUT2D eigenvalue weighted by Crippen LogP contribution is -2.09.